The minimum Gasteiger partial charge on any atom is -0.506 e. The molecule has 0 aromatic heterocycles. The van der Waals surface area contributed by atoms with E-state index in [9.17, 15) is 5.11 Å². The molecule has 0 bridgehead atoms. The molecule has 8 heteroatoms. The lowest BCUT2D eigenvalue weighted by atomic mass is 9.99. The molecule has 2 heterocycles. The monoisotopic (exact) mass is 506 g/mol. The van der Waals surface area contributed by atoms with Crippen molar-refractivity contribution in [2.75, 3.05) is 64.1 Å². The smallest absolute Gasteiger partial charge is 0.193 e. The molecule has 1 aromatic carbocycles. The third kappa shape index (κ3) is 5.57. The van der Waals surface area contributed by atoms with E-state index in [1.807, 2.05) is 37.0 Å². The number of phenolic OH excluding ortho intramolecular Hbond substituents is 1. The lowest BCUT2D eigenvalue weighted by Gasteiger charge is -2.40. The van der Waals surface area contributed by atoms with E-state index in [0.717, 1.165) is 70.4 Å². The number of nitrogens with zero attached hydrogens (tertiary/aromatic N) is 3. The van der Waals surface area contributed by atoms with Crippen molar-refractivity contribution in [3.8, 4) is 5.75 Å². The highest BCUT2D eigenvalue weighted by molar-refractivity contribution is 14.0. The number of benzene rings is 1. The van der Waals surface area contributed by atoms with Gasteiger partial charge >= 0.3 is 0 Å². The molecule has 2 fully saturated rings. The lowest BCUT2D eigenvalue weighted by Crippen LogP contribution is -2.55. The molecule has 0 radical (unpaired) electrons. The zero-order chi connectivity index (χ0) is 18.4. The molecular weight excluding hydrogens is 475 g/mol. The highest BCUT2D eigenvalue weighted by Crippen LogP contribution is 2.33. The van der Waals surface area contributed by atoms with Crippen LogP contribution in [0.5, 0.6) is 5.75 Å². The van der Waals surface area contributed by atoms with Crippen LogP contribution in [0.3, 0.4) is 0 Å². The van der Waals surface area contributed by atoms with Crippen molar-refractivity contribution >= 4 is 47.4 Å². The maximum atomic E-state index is 10.1. The molecule has 27 heavy (non-hydrogen) atoms. The Morgan fingerprint density at radius 1 is 1.22 bits per heavy atom. The van der Waals surface area contributed by atoms with Crippen LogP contribution in [0.15, 0.2) is 29.3 Å². The molecule has 0 spiro atoms. The largest absolute Gasteiger partial charge is 0.506 e. The summed E-state index contributed by atoms with van der Waals surface area (Å²) in [6, 6.07) is 7.56. The second kappa shape index (κ2) is 10.6. The third-order valence-electron chi connectivity index (χ3n) is 5.42. The Morgan fingerprint density at radius 3 is 2.48 bits per heavy atom. The molecule has 2 N–H and O–H groups in total. The number of nitrogens with one attached hydrogen (secondary N) is 1. The second-order valence-electron chi connectivity index (χ2n) is 6.86. The number of rotatable bonds is 4. The maximum Gasteiger partial charge on any atom is 0.193 e. The van der Waals surface area contributed by atoms with Crippen LogP contribution >= 0.6 is 35.7 Å². The maximum absolute atomic E-state index is 10.1. The number of hydrogen-bond acceptors (Lipinski definition) is 5. The normalized spacial score (nSPS) is 20.1. The SMILES string of the molecule is CN=C(NCC1(SC)CCOCC1)N1CCN(c2ccccc2O)CC1.I. The second-order valence-corrected chi connectivity index (χ2v) is 8.14. The Kier molecular flexibility index (Phi) is 8.81. The predicted molar refractivity (Wildman–Crippen MR) is 125 cm³/mol. The van der Waals surface area contributed by atoms with Gasteiger partial charge in [-0.05, 0) is 31.2 Å². The first-order valence-corrected chi connectivity index (χ1v) is 10.5. The van der Waals surface area contributed by atoms with Gasteiger partial charge in [0.1, 0.15) is 5.75 Å². The first-order chi connectivity index (χ1) is 12.7. The van der Waals surface area contributed by atoms with Crippen molar-refractivity contribution in [2.45, 2.75) is 17.6 Å². The molecule has 3 rings (SSSR count). The molecule has 0 unspecified atom stereocenters. The van der Waals surface area contributed by atoms with Crippen LogP contribution in [-0.2, 0) is 4.74 Å². The molecule has 2 aliphatic heterocycles. The molecule has 1 aromatic rings. The summed E-state index contributed by atoms with van der Waals surface area (Å²) < 4.78 is 5.77. The summed E-state index contributed by atoms with van der Waals surface area (Å²) in [6.07, 6.45) is 4.36. The molecule has 2 aliphatic rings. The molecule has 6 nitrogen and oxygen atoms in total. The van der Waals surface area contributed by atoms with Crippen molar-refractivity contribution in [2.24, 2.45) is 4.99 Å². The minimum absolute atomic E-state index is 0. The van der Waals surface area contributed by atoms with Crippen LogP contribution < -0.4 is 10.2 Å². The molecule has 0 saturated carbocycles. The van der Waals surface area contributed by atoms with Crippen molar-refractivity contribution in [1.82, 2.24) is 10.2 Å². The molecule has 2 saturated heterocycles. The molecule has 152 valence electrons. The number of piperazine rings is 1. The van der Waals surface area contributed by atoms with Gasteiger partial charge in [-0.15, -0.1) is 24.0 Å². The van der Waals surface area contributed by atoms with Crippen LogP contribution in [0.25, 0.3) is 0 Å². The lowest BCUT2D eigenvalue weighted by molar-refractivity contribution is 0.0781. The van der Waals surface area contributed by atoms with Gasteiger partial charge in [0.2, 0.25) is 0 Å². The summed E-state index contributed by atoms with van der Waals surface area (Å²) in [6.45, 7) is 6.15. The zero-order valence-electron chi connectivity index (χ0n) is 16.2. The molecule has 0 aliphatic carbocycles. The van der Waals surface area contributed by atoms with Gasteiger partial charge in [0.25, 0.3) is 0 Å². The number of anilines is 1. The van der Waals surface area contributed by atoms with E-state index in [-0.39, 0.29) is 28.7 Å². The average molecular weight is 506 g/mol. The Balaban J connectivity index is 0.00000261. The molecule has 0 amide bonds. The fourth-order valence-corrected chi connectivity index (χ4v) is 4.45. The van der Waals surface area contributed by atoms with Crippen molar-refractivity contribution in [3.05, 3.63) is 24.3 Å². The topological polar surface area (TPSA) is 60.3 Å². The first kappa shape index (κ1) is 22.4. The highest BCUT2D eigenvalue weighted by atomic mass is 127. The van der Waals surface area contributed by atoms with Crippen LogP contribution in [-0.4, -0.2) is 80.0 Å². The van der Waals surface area contributed by atoms with Gasteiger partial charge in [-0.25, -0.2) is 0 Å². The van der Waals surface area contributed by atoms with E-state index < -0.39 is 0 Å². The van der Waals surface area contributed by atoms with Crippen LogP contribution in [0, 0.1) is 0 Å². The summed E-state index contributed by atoms with van der Waals surface area (Å²) in [4.78, 5) is 9.05. The Morgan fingerprint density at radius 2 is 1.89 bits per heavy atom. The number of aromatic hydroxyl groups is 1. The van der Waals surface area contributed by atoms with E-state index in [1.54, 1.807) is 6.07 Å². The van der Waals surface area contributed by atoms with Crippen LogP contribution in [0.1, 0.15) is 12.8 Å². The van der Waals surface area contributed by atoms with Gasteiger partial charge in [-0.1, -0.05) is 12.1 Å². The molecular formula is C19H31IN4O2S. The quantitative estimate of drug-likeness (QED) is 0.372. The summed E-state index contributed by atoms with van der Waals surface area (Å²) >= 11 is 1.94. The number of hydrogen-bond donors (Lipinski definition) is 2. The van der Waals surface area contributed by atoms with Gasteiger partial charge in [-0.2, -0.15) is 11.8 Å². The van der Waals surface area contributed by atoms with Crippen molar-refractivity contribution < 1.29 is 9.84 Å². The number of thioether (sulfide) groups is 1. The van der Waals surface area contributed by atoms with Gasteiger partial charge in [0, 0.05) is 57.7 Å². The van der Waals surface area contributed by atoms with E-state index in [2.05, 4.69) is 26.4 Å². The summed E-state index contributed by atoms with van der Waals surface area (Å²) in [5, 5.41) is 13.7. The number of ether oxygens (including phenoxy) is 1. The fraction of sp³-hybridized carbons (Fsp3) is 0.632. The summed E-state index contributed by atoms with van der Waals surface area (Å²) in [5.41, 5.74) is 0.915. The number of para-hydroxylation sites is 2. The van der Waals surface area contributed by atoms with Gasteiger partial charge in [0.15, 0.2) is 5.96 Å². The fourth-order valence-electron chi connectivity index (χ4n) is 3.66. The number of guanidine groups is 1. The van der Waals surface area contributed by atoms with Crippen LogP contribution in [0.4, 0.5) is 5.69 Å². The minimum atomic E-state index is 0. The van der Waals surface area contributed by atoms with Crippen molar-refractivity contribution in [1.29, 1.82) is 0 Å². The Bertz CT molecular complexity index is 617. The summed E-state index contributed by atoms with van der Waals surface area (Å²) in [5.74, 6) is 1.33. The molecule has 0 atom stereocenters. The van der Waals surface area contributed by atoms with E-state index in [1.165, 1.54) is 0 Å². The number of aliphatic imine (C=N–C) groups is 1. The standard InChI is InChI=1S/C19H30N4O2S.HI/c1-20-18(21-15-19(26-2)7-13-25-14-8-19)23-11-9-22(10-12-23)16-5-3-4-6-17(16)24;/h3-6,24H,7-15H2,1-2H3,(H,20,21);1H. The van der Waals surface area contributed by atoms with Crippen LogP contribution in [0.2, 0.25) is 0 Å². The van der Waals surface area contributed by atoms with E-state index in [0.29, 0.717) is 5.75 Å². The van der Waals surface area contributed by atoms with E-state index >= 15 is 0 Å². The van der Waals surface area contributed by atoms with Gasteiger partial charge < -0.3 is 25.0 Å². The first-order valence-electron chi connectivity index (χ1n) is 9.29. The summed E-state index contributed by atoms with van der Waals surface area (Å²) in [7, 11) is 1.85. The average Bonchev–Trinajstić information content (AvgIpc) is 2.70. The third-order valence-corrected chi connectivity index (χ3v) is 6.84. The predicted octanol–water partition coefficient (Wildman–Crippen LogP) is 2.62. The Labute approximate surface area is 183 Å². The van der Waals surface area contributed by atoms with Gasteiger partial charge in [-0.3, -0.25) is 4.99 Å². The van der Waals surface area contributed by atoms with E-state index in [4.69, 9.17) is 4.74 Å². The highest BCUT2D eigenvalue weighted by Gasteiger charge is 2.32. The number of phenols is 1. The zero-order valence-corrected chi connectivity index (χ0v) is 19.3. The van der Waals surface area contributed by atoms with Gasteiger partial charge in [0.05, 0.1) is 5.69 Å². The van der Waals surface area contributed by atoms with Crippen molar-refractivity contribution in [3.63, 3.8) is 0 Å². The Hall–Kier alpha value is -0.870. The number of halogens is 1.